The molecular formula is C21H28N4O3. The number of hydrogen-bond acceptors (Lipinski definition) is 4. The average Bonchev–Trinajstić information content (AvgIpc) is 2.73. The molecule has 0 aliphatic rings. The molecule has 0 saturated carbocycles. The minimum absolute atomic E-state index is 0.485. The Morgan fingerprint density at radius 1 is 0.964 bits per heavy atom. The van der Waals surface area contributed by atoms with E-state index in [0.29, 0.717) is 12.2 Å². The number of aliphatic imine (C=N–C) groups is 1. The zero-order valence-corrected chi connectivity index (χ0v) is 16.6. The van der Waals surface area contributed by atoms with Crippen molar-refractivity contribution < 1.29 is 14.3 Å². The molecule has 0 atom stereocenters. The van der Waals surface area contributed by atoms with Gasteiger partial charge in [-0.2, -0.15) is 0 Å². The Hall–Kier alpha value is -3.22. The molecule has 2 aromatic rings. The van der Waals surface area contributed by atoms with Crippen molar-refractivity contribution in [1.82, 2.24) is 10.6 Å². The minimum atomic E-state index is -0.485. The molecule has 0 radical (unpaired) electrons. The Morgan fingerprint density at radius 2 is 1.64 bits per heavy atom. The predicted octanol–water partition coefficient (Wildman–Crippen LogP) is 3.17. The number of amides is 1. The Bertz CT molecular complexity index is 758. The zero-order chi connectivity index (χ0) is 20.2. The highest BCUT2D eigenvalue weighted by Crippen LogP contribution is 2.12. The number of carbonyl (C=O) groups excluding carboxylic acids is 1. The Kier molecular flexibility index (Phi) is 8.65. The van der Waals surface area contributed by atoms with Crippen LogP contribution >= 0.6 is 0 Å². The topological polar surface area (TPSA) is 84.0 Å². The predicted molar refractivity (Wildman–Crippen MR) is 112 cm³/mol. The van der Waals surface area contributed by atoms with E-state index < -0.39 is 6.09 Å². The first-order valence-electron chi connectivity index (χ1n) is 9.23. The molecule has 0 saturated heterocycles. The number of nitrogens with zero attached hydrogens (tertiary/aromatic N) is 1. The van der Waals surface area contributed by atoms with Gasteiger partial charge < -0.3 is 20.1 Å². The number of rotatable bonds is 8. The van der Waals surface area contributed by atoms with Gasteiger partial charge in [0.05, 0.1) is 20.8 Å². The van der Waals surface area contributed by atoms with Crippen LogP contribution in [0.2, 0.25) is 0 Å². The van der Waals surface area contributed by atoms with Crippen LogP contribution in [0, 0.1) is 0 Å². The molecule has 0 unspecified atom stereocenters. The fraction of sp³-hybridized carbons (Fsp3) is 0.333. The second kappa shape index (κ2) is 11.5. The third-order valence-corrected chi connectivity index (χ3v) is 4.01. The highest BCUT2D eigenvalue weighted by molar-refractivity contribution is 5.84. The fourth-order valence-corrected chi connectivity index (χ4v) is 2.49. The van der Waals surface area contributed by atoms with Crippen molar-refractivity contribution in [2.75, 3.05) is 32.6 Å². The van der Waals surface area contributed by atoms with E-state index in [9.17, 15) is 4.79 Å². The van der Waals surface area contributed by atoms with Gasteiger partial charge in [-0.05, 0) is 48.7 Å². The molecular weight excluding hydrogens is 356 g/mol. The summed E-state index contributed by atoms with van der Waals surface area (Å²) in [7, 11) is 3.00. The van der Waals surface area contributed by atoms with Crippen LogP contribution in [0.4, 0.5) is 10.5 Å². The maximum absolute atomic E-state index is 11.2. The molecule has 0 spiro atoms. The van der Waals surface area contributed by atoms with Gasteiger partial charge in [-0.1, -0.05) is 24.3 Å². The lowest BCUT2D eigenvalue weighted by Crippen LogP contribution is -2.38. The lowest BCUT2D eigenvalue weighted by Gasteiger charge is -2.12. The van der Waals surface area contributed by atoms with E-state index >= 15 is 0 Å². The van der Waals surface area contributed by atoms with Crippen LogP contribution < -0.4 is 20.7 Å². The van der Waals surface area contributed by atoms with Gasteiger partial charge in [0.15, 0.2) is 5.96 Å². The molecule has 0 aliphatic carbocycles. The van der Waals surface area contributed by atoms with Crippen LogP contribution in [-0.4, -0.2) is 39.4 Å². The zero-order valence-electron chi connectivity index (χ0n) is 16.6. The molecule has 2 rings (SSSR count). The second-order valence-electron chi connectivity index (χ2n) is 6.03. The molecule has 0 fully saturated rings. The third kappa shape index (κ3) is 7.19. The number of methoxy groups -OCH3 is 2. The summed E-state index contributed by atoms with van der Waals surface area (Å²) < 4.78 is 9.75. The monoisotopic (exact) mass is 384 g/mol. The van der Waals surface area contributed by atoms with Crippen molar-refractivity contribution >= 4 is 17.7 Å². The lowest BCUT2D eigenvalue weighted by atomic mass is 10.1. The van der Waals surface area contributed by atoms with E-state index in [1.54, 1.807) is 7.11 Å². The molecule has 28 heavy (non-hydrogen) atoms. The summed E-state index contributed by atoms with van der Waals surface area (Å²) in [6.07, 6.45) is 0.406. The molecule has 2 aromatic carbocycles. The highest BCUT2D eigenvalue weighted by atomic mass is 16.5. The molecule has 1 amide bonds. The number of benzene rings is 2. The van der Waals surface area contributed by atoms with Crippen molar-refractivity contribution in [2.24, 2.45) is 4.99 Å². The van der Waals surface area contributed by atoms with E-state index in [2.05, 4.69) is 37.8 Å². The van der Waals surface area contributed by atoms with E-state index in [1.807, 2.05) is 43.3 Å². The standard InChI is InChI=1S/C21H28N4O3/c1-4-22-20(23-14-13-16-7-11-19(27-2)12-8-16)24-15-17-5-9-18(10-6-17)25-21(26)28-3/h5-12H,4,13-15H2,1-3H3,(H,25,26)(H2,22,23,24). The van der Waals surface area contributed by atoms with Gasteiger partial charge in [-0.3, -0.25) is 5.32 Å². The van der Waals surface area contributed by atoms with Gasteiger partial charge >= 0.3 is 6.09 Å². The quantitative estimate of drug-likeness (QED) is 0.481. The van der Waals surface area contributed by atoms with Gasteiger partial charge in [0.1, 0.15) is 5.75 Å². The second-order valence-corrected chi connectivity index (χ2v) is 6.03. The number of nitrogens with one attached hydrogen (secondary N) is 3. The van der Waals surface area contributed by atoms with Crippen molar-refractivity contribution in [1.29, 1.82) is 0 Å². The SMILES string of the molecule is CCNC(=NCc1ccc(NC(=O)OC)cc1)NCCc1ccc(OC)cc1. The van der Waals surface area contributed by atoms with Crippen molar-refractivity contribution in [3.63, 3.8) is 0 Å². The number of ether oxygens (including phenoxy) is 2. The van der Waals surface area contributed by atoms with Gasteiger partial charge in [0.2, 0.25) is 0 Å². The first-order chi connectivity index (χ1) is 13.6. The van der Waals surface area contributed by atoms with Gasteiger partial charge in [-0.15, -0.1) is 0 Å². The Morgan fingerprint density at radius 3 is 2.25 bits per heavy atom. The minimum Gasteiger partial charge on any atom is -0.497 e. The molecule has 3 N–H and O–H groups in total. The molecule has 0 aliphatic heterocycles. The van der Waals surface area contributed by atoms with E-state index in [-0.39, 0.29) is 0 Å². The molecule has 0 heterocycles. The van der Waals surface area contributed by atoms with Crippen LogP contribution in [-0.2, 0) is 17.7 Å². The van der Waals surface area contributed by atoms with Crippen molar-refractivity contribution in [3.05, 3.63) is 59.7 Å². The normalized spacial score (nSPS) is 10.9. The number of hydrogen-bond donors (Lipinski definition) is 3. The maximum Gasteiger partial charge on any atom is 0.411 e. The smallest absolute Gasteiger partial charge is 0.411 e. The summed E-state index contributed by atoms with van der Waals surface area (Å²) in [6, 6.07) is 15.6. The summed E-state index contributed by atoms with van der Waals surface area (Å²) >= 11 is 0. The van der Waals surface area contributed by atoms with E-state index in [4.69, 9.17) is 4.74 Å². The van der Waals surface area contributed by atoms with Crippen molar-refractivity contribution in [3.8, 4) is 5.75 Å². The summed E-state index contributed by atoms with van der Waals surface area (Å²) in [5.41, 5.74) is 2.96. The fourth-order valence-electron chi connectivity index (χ4n) is 2.49. The Balaban J connectivity index is 1.85. The van der Waals surface area contributed by atoms with E-state index in [1.165, 1.54) is 12.7 Å². The number of carbonyl (C=O) groups is 1. The van der Waals surface area contributed by atoms with Crippen LogP contribution in [0.15, 0.2) is 53.5 Å². The van der Waals surface area contributed by atoms with Crippen LogP contribution in [0.25, 0.3) is 0 Å². The number of guanidine groups is 1. The first-order valence-corrected chi connectivity index (χ1v) is 9.23. The number of anilines is 1. The molecule has 0 bridgehead atoms. The lowest BCUT2D eigenvalue weighted by molar-refractivity contribution is 0.187. The van der Waals surface area contributed by atoms with Gasteiger partial charge in [-0.25, -0.2) is 9.79 Å². The summed E-state index contributed by atoms with van der Waals surface area (Å²) in [4.78, 5) is 15.8. The molecule has 7 heteroatoms. The van der Waals surface area contributed by atoms with Gasteiger partial charge in [0.25, 0.3) is 0 Å². The van der Waals surface area contributed by atoms with Crippen LogP contribution in [0.1, 0.15) is 18.1 Å². The summed E-state index contributed by atoms with van der Waals surface area (Å²) in [5.74, 6) is 1.63. The van der Waals surface area contributed by atoms with Crippen LogP contribution in [0.3, 0.4) is 0 Å². The van der Waals surface area contributed by atoms with Crippen molar-refractivity contribution in [2.45, 2.75) is 19.9 Å². The molecule has 150 valence electrons. The van der Waals surface area contributed by atoms with Crippen LogP contribution in [0.5, 0.6) is 5.75 Å². The largest absolute Gasteiger partial charge is 0.497 e. The van der Waals surface area contributed by atoms with E-state index in [0.717, 1.165) is 36.8 Å². The highest BCUT2D eigenvalue weighted by Gasteiger charge is 2.02. The Labute approximate surface area is 166 Å². The summed E-state index contributed by atoms with van der Waals surface area (Å²) in [6.45, 7) is 4.14. The summed E-state index contributed by atoms with van der Waals surface area (Å²) in [5, 5.41) is 9.22. The average molecular weight is 384 g/mol. The molecule has 0 aromatic heterocycles. The molecule has 7 nitrogen and oxygen atoms in total. The van der Waals surface area contributed by atoms with Gasteiger partial charge in [0, 0.05) is 18.8 Å². The first kappa shape index (κ1) is 21.1. The maximum atomic E-state index is 11.2. The third-order valence-electron chi connectivity index (χ3n) is 4.01.